The van der Waals surface area contributed by atoms with Crippen LogP contribution in [0.1, 0.15) is 19.7 Å². The fourth-order valence-corrected chi connectivity index (χ4v) is 3.18. The molecule has 1 aliphatic rings. The molecule has 0 spiro atoms. The first kappa shape index (κ1) is 14.5. The number of H-pyrrole nitrogens is 1. The molecule has 5 nitrogen and oxygen atoms in total. The zero-order valence-corrected chi connectivity index (χ0v) is 12.9. The minimum atomic E-state index is -0.111. The molecule has 1 aromatic carbocycles. The lowest BCUT2D eigenvalue weighted by atomic mass is 10.2. The second-order valence-corrected chi connectivity index (χ2v) is 6.20. The van der Waals surface area contributed by atoms with Crippen LogP contribution < -0.4 is 10.5 Å². The van der Waals surface area contributed by atoms with E-state index in [1.807, 2.05) is 0 Å². The lowest BCUT2D eigenvalue weighted by molar-refractivity contribution is -0.928. The van der Waals surface area contributed by atoms with Crippen LogP contribution in [0.5, 0.6) is 0 Å². The molecule has 3 rings (SSSR count). The molecule has 2 atom stereocenters. The van der Waals surface area contributed by atoms with E-state index in [4.69, 9.17) is 16.3 Å². The molecule has 1 fully saturated rings. The molecule has 2 aromatic rings. The third kappa shape index (κ3) is 3.26. The topological polar surface area (TPSA) is 59.4 Å². The van der Waals surface area contributed by atoms with Gasteiger partial charge in [0.2, 0.25) is 0 Å². The third-order valence-electron chi connectivity index (χ3n) is 3.75. The minimum absolute atomic E-state index is 0.111. The first-order valence-electron chi connectivity index (χ1n) is 7.19. The molecule has 0 bridgehead atoms. The van der Waals surface area contributed by atoms with Crippen LogP contribution in [0.3, 0.4) is 0 Å². The molecule has 2 heterocycles. The van der Waals surface area contributed by atoms with Crippen LogP contribution in [0.4, 0.5) is 0 Å². The number of fused-ring (bicyclic) bond motifs is 1. The Hall–Kier alpha value is -1.43. The third-order valence-corrected chi connectivity index (χ3v) is 3.99. The van der Waals surface area contributed by atoms with Crippen molar-refractivity contribution in [1.82, 2.24) is 9.97 Å². The smallest absolute Gasteiger partial charge is 0.258 e. The SMILES string of the molecule is C[C@@H]1C[NH+](Cc2nc3cc(Cl)ccc3c(=O)[nH]2)C[C@@H](C)O1. The van der Waals surface area contributed by atoms with Crippen molar-refractivity contribution in [2.75, 3.05) is 13.1 Å². The molecular formula is C15H19ClN3O2+. The van der Waals surface area contributed by atoms with Crippen molar-refractivity contribution in [2.24, 2.45) is 0 Å². The molecule has 0 aliphatic carbocycles. The molecule has 1 saturated heterocycles. The maximum Gasteiger partial charge on any atom is 0.258 e. The Morgan fingerprint density at radius 1 is 1.38 bits per heavy atom. The molecule has 6 heteroatoms. The number of ether oxygens (including phenoxy) is 1. The summed E-state index contributed by atoms with van der Waals surface area (Å²) < 4.78 is 5.73. The zero-order valence-electron chi connectivity index (χ0n) is 12.1. The number of nitrogens with one attached hydrogen (secondary N) is 2. The Morgan fingerprint density at radius 3 is 2.81 bits per heavy atom. The fraction of sp³-hybridized carbons (Fsp3) is 0.467. The van der Waals surface area contributed by atoms with E-state index in [-0.39, 0.29) is 17.8 Å². The van der Waals surface area contributed by atoms with Crippen molar-refractivity contribution < 1.29 is 9.64 Å². The first-order chi connectivity index (χ1) is 10.0. The van der Waals surface area contributed by atoms with Gasteiger partial charge in [0.25, 0.3) is 5.56 Å². The Kier molecular flexibility index (Phi) is 3.97. The highest BCUT2D eigenvalue weighted by Gasteiger charge is 2.26. The van der Waals surface area contributed by atoms with Crippen LogP contribution in [-0.2, 0) is 11.3 Å². The van der Waals surface area contributed by atoms with Gasteiger partial charge in [0.1, 0.15) is 31.8 Å². The van der Waals surface area contributed by atoms with E-state index in [9.17, 15) is 4.79 Å². The predicted molar refractivity (Wildman–Crippen MR) is 81.8 cm³/mol. The van der Waals surface area contributed by atoms with Gasteiger partial charge in [-0.05, 0) is 32.0 Å². The number of hydrogen-bond acceptors (Lipinski definition) is 3. The van der Waals surface area contributed by atoms with E-state index >= 15 is 0 Å². The molecule has 1 aromatic heterocycles. The lowest BCUT2D eigenvalue weighted by Gasteiger charge is -2.32. The summed E-state index contributed by atoms with van der Waals surface area (Å²) in [5.41, 5.74) is 0.537. The molecule has 0 unspecified atom stereocenters. The summed E-state index contributed by atoms with van der Waals surface area (Å²) >= 11 is 5.98. The van der Waals surface area contributed by atoms with Crippen molar-refractivity contribution in [1.29, 1.82) is 0 Å². The van der Waals surface area contributed by atoms with Gasteiger partial charge in [-0.2, -0.15) is 0 Å². The molecule has 0 radical (unpaired) electrons. The number of hydrogen-bond donors (Lipinski definition) is 2. The monoisotopic (exact) mass is 308 g/mol. The number of aromatic nitrogens is 2. The standard InChI is InChI=1S/C15H18ClN3O2/c1-9-6-19(7-10(2)21-9)8-14-17-13-5-11(16)3-4-12(13)15(20)18-14/h3-5,9-10H,6-8H2,1-2H3,(H,17,18,20)/p+1/t9-,10-/m1/s1. The van der Waals surface area contributed by atoms with Gasteiger partial charge < -0.3 is 14.6 Å². The van der Waals surface area contributed by atoms with Crippen molar-refractivity contribution in [2.45, 2.75) is 32.6 Å². The second kappa shape index (κ2) is 5.75. The quantitative estimate of drug-likeness (QED) is 0.861. The fourth-order valence-electron chi connectivity index (χ4n) is 3.02. The summed E-state index contributed by atoms with van der Waals surface area (Å²) in [6.45, 7) is 6.68. The van der Waals surface area contributed by atoms with Gasteiger partial charge in [-0.1, -0.05) is 11.6 Å². The van der Waals surface area contributed by atoms with Crippen LogP contribution in [0.2, 0.25) is 5.02 Å². The van der Waals surface area contributed by atoms with E-state index in [0.717, 1.165) is 13.1 Å². The van der Waals surface area contributed by atoms with E-state index in [0.29, 0.717) is 28.3 Å². The maximum atomic E-state index is 12.1. The summed E-state index contributed by atoms with van der Waals surface area (Å²) in [5, 5.41) is 1.16. The van der Waals surface area contributed by atoms with Gasteiger partial charge in [0, 0.05) is 5.02 Å². The Bertz CT molecular complexity index is 706. The van der Waals surface area contributed by atoms with Crippen LogP contribution in [0, 0.1) is 0 Å². The highest BCUT2D eigenvalue weighted by atomic mass is 35.5. The molecule has 112 valence electrons. The highest BCUT2D eigenvalue weighted by Crippen LogP contribution is 2.14. The van der Waals surface area contributed by atoms with E-state index in [2.05, 4.69) is 23.8 Å². The van der Waals surface area contributed by atoms with Crippen LogP contribution >= 0.6 is 11.6 Å². The van der Waals surface area contributed by atoms with E-state index in [1.54, 1.807) is 18.2 Å². The summed E-state index contributed by atoms with van der Waals surface area (Å²) in [6.07, 6.45) is 0.454. The average molecular weight is 309 g/mol. The van der Waals surface area contributed by atoms with Gasteiger partial charge in [-0.3, -0.25) is 4.79 Å². The molecule has 2 N–H and O–H groups in total. The Morgan fingerprint density at radius 2 is 2.10 bits per heavy atom. The van der Waals surface area contributed by atoms with Gasteiger partial charge in [0.05, 0.1) is 10.9 Å². The number of quaternary nitrogens is 1. The molecule has 0 saturated carbocycles. The first-order valence-corrected chi connectivity index (χ1v) is 7.56. The number of halogens is 1. The van der Waals surface area contributed by atoms with Crippen molar-refractivity contribution in [3.05, 3.63) is 39.4 Å². The second-order valence-electron chi connectivity index (χ2n) is 5.77. The van der Waals surface area contributed by atoms with Crippen LogP contribution in [-0.4, -0.2) is 35.3 Å². The van der Waals surface area contributed by atoms with Gasteiger partial charge in [0.15, 0.2) is 5.82 Å². The molecule has 1 aliphatic heterocycles. The van der Waals surface area contributed by atoms with Gasteiger partial charge in [-0.25, -0.2) is 4.98 Å². The van der Waals surface area contributed by atoms with Crippen LogP contribution in [0.25, 0.3) is 10.9 Å². The number of benzene rings is 1. The Balaban J connectivity index is 1.89. The molecule has 0 amide bonds. The van der Waals surface area contributed by atoms with Crippen LogP contribution in [0.15, 0.2) is 23.0 Å². The zero-order chi connectivity index (χ0) is 15.0. The summed E-state index contributed by atoms with van der Waals surface area (Å²) in [6, 6.07) is 5.14. The van der Waals surface area contributed by atoms with E-state index < -0.39 is 0 Å². The van der Waals surface area contributed by atoms with E-state index in [1.165, 1.54) is 4.90 Å². The number of nitrogens with zero attached hydrogens (tertiary/aromatic N) is 1. The average Bonchev–Trinajstić information content (AvgIpc) is 2.36. The van der Waals surface area contributed by atoms with Gasteiger partial charge in [-0.15, -0.1) is 0 Å². The molecular weight excluding hydrogens is 290 g/mol. The highest BCUT2D eigenvalue weighted by molar-refractivity contribution is 6.31. The van der Waals surface area contributed by atoms with Gasteiger partial charge >= 0.3 is 0 Å². The summed E-state index contributed by atoms with van der Waals surface area (Å²) in [4.78, 5) is 20.9. The normalized spacial score (nSPS) is 26.1. The number of aromatic amines is 1. The predicted octanol–water partition coefficient (Wildman–Crippen LogP) is 0.769. The largest absolute Gasteiger partial charge is 0.364 e. The summed E-state index contributed by atoms with van der Waals surface area (Å²) in [7, 11) is 0. The van der Waals surface area contributed by atoms with Crippen molar-refractivity contribution in [3.63, 3.8) is 0 Å². The number of morpholine rings is 1. The Labute approximate surface area is 127 Å². The van der Waals surface area contributed by atoms with Crippen molar-refractivity contribution in [3.8, 4) is 0 Å². The minimum Gasteiger partial charge on any atom is -0.364 e. The maximum absolute atomic E-state index is 12.1. The number of rotatable bonds is 2. The lowest BCUT2D eigenvalue weighted by Crippen LogP contribution is -3.14. The molecule has 21 heavy (non-hydrogen) atoms. The van der Waals surface area contributed by atoms with Crippen molar-refractivity contribution >= 4 is 22.5 Å². The summed E-state index contributed by atoms with van der Waals surface area (Å²) in [5.74, 6) is 0.700.